The van der Waals surface area contributed by atoms with Gasteiger partial charge in [0.25, 0.3) is 5.91 Å². The van der Waals surface area contributed by atoms with Crippen molar-refractivity contribution >= 4 is 22.7 Å². The number of hydrogen-bond donors (Lipinski definition) is 1. The molecule has 3 aromatic carbocycles. The maximum atomic E-state index is 13.4. The van der Waals surface area contributed by atoms with Crippen LogP contribution in [0.25, 0.3) is 10.8 Å². The first-order chi connectivity index (χ1) is 14.4. The van der Waals surface area contributed by atoms with E-state index in [1.165, 1.54) is 4.90 Å². The molecule has 1 aliphatic heterocycles. The molecule has 0 radical (unpaired) electrons. The zero-order valence-electron chi connectivity index (χ0n) is 17.4. The van der Waals surface area contributed by atoms with E-state index in [0.717, 1.165) is 27.6 Å². The Labute approximate surface area is 176 Å². The summed E-state index contributed by atoms with van der Waals surface area (Å²) in [7, 11) is 3.52. The van der Waals surface area contributed by atoms with Crippen LogP contribution in [0.4, 0.5) is 4.79 Å². The highest BCUT2D eigenvalue weighted by Crippen LogP contribution is 2.33. The number of amides is 3. The van der Waals surface area contributed by atoms with Crippen molar-refractivity contribution in [2.75, 3.05) is 20.8 Å². The molecule has 4 rings (SSSR count). The quantitative estimate of drug-likeness (QED) is 0.638. The van der Waals surface area contributed by atoms with Crippen LogP contribution in [0, 0.1) is 0 Å². The van der Waals surface area contributed by atoms with Gasteiger partial charge in [-0.2, -0.15) is 0 Å². The van der Waals surface area contributed by atoms with Crippen molar-refractivity contribution in [3.8, 4) is 5.75 Å². The summed E-state index contributed by atoms with van der Waals surface area (Å²) in [5, 5.41) is 4.92. The number of nitrogens with one attached hydrogen (secondary N) is 1. The van der Waals surface area contributed by atoms with Crippen molar-refractivity contribution in [1.82, 2.24) is 15.1 Å². The van der Waals surface area contributed by atoms with Crippen LogP contribution < -0.4 is 10.1 Å². The zero-order valence-corrected chi connectivity index (χ0v) is 17.4. The fourth-order valence-electron chi connectivity index (χ4n) is 4.00. The highest BCUT2D eigenvalue weighted by molar-refractivity contribution is 6.09. The summed E-state index contributed by atoms with van der Waals surface area (Å²) < 4.78 is 5.19. The topological polar surface area (TPSA) is 61.9 Å². The van der Waals surface area contributed by atoms with Gasteiger partial charge in [-0.3, -0.25) is 9.69 Å². The second kappa shape index (κ2) is 7.80. The lowest BCUT2D eigenvalue weighted by molar-refractivity contribution is -0.132. The van der Waals surface area contributed by atoms with Gasteiger partial charge in [0, 0.05) is 6.54 Å². The van der Waals surface area contributed by atoms with Gasteiger partial charge in [-0.25, -0.2) is 9.69 Å². The summed E-state index contributed by atoms with van der Waals surface area (Å²) in [5.74, 6) is 0.548. The van der Waals surface area contributed by atoms with E-state index in [2.05, 4.69) is 5.32 Å². The number of methoxy groups -OCH3 is 1. The predicted octanol–water partition coefficient (Wildman–Crippen LogP) is 3.70. The van der Waals surface area contributed by atoms with E-state index in [0.29, 0.717) is 6.54 Å². The number of ether oxygens (including phenoxy) is 1. The lowest BCUT2D eigenvalue weighted by Crippen LogP contribution is -2.43. The Morgan fingerprint density at radius 3 is 2.43 bits per heavy atom. The number of carbonyl (C=O) groups excluding carboxylic acids is 2. The summed E-state index contributed by atoms with van der Waals surface area (Å²) in [6.07, 6.45) is 0. The van der Waals surface area contributed by atoms with E-state index in [1.54, 1.807) is 14.0 Å². The summed E-state index contributed by atoms with van der Waals surface area (Å²) >= 11 is 0. The van der Waals surface area contributed by atoms with Gasteiger partial charge in [0.15, 0.2) is 0 Å². The molecule has 3 amide bonds. The Morgan fingerprint density at radius 2 is 1.70 bits per heavy atom. The van der Waals surface area contributed by atoms with E-state index < -0.39 is 5.54 Å². The Hall–Kier alpha value is -3.38. The van der Waals surface area contributed by atoms with E-state index >= 15 is 0 Å². The van der Waals surface area contributed by atoms with E-state index in [4.69, 9.17) is 4.74 Å². The van der Waals surface area contributed by atoms with Gasteiger partial charge in [-0.15, -0.1) is 0 Å². The van der Waals surface area contributed by atoms with Gasteiger partial charge >= 0.3 is 6.03 Å². The molecule has 1 heterocycles. The monoisotopic (exact) mass is 403 g/mol. The molecule has 0 unspecified atom stereocenters. The van der Waals surface area contributed by atoms with Gasteiger partial charge in [0.1, 0.15) is 11.3 Å². The molecule has 1 atom stereocenters. The Kier molecular flexibility index (Phi) is 5.18. The molecule has 0 aromatic heterocycles. The molecule has 30 heavy (non-hydrogen) atoms. The smallest absolute Gasteiger partial charge is 0.326 e. The molecule has 0 bridgehead atoms. The second-order valence-corrected chi connectivity index (χ2v) is 7.82. The van der Waals surface area contributed by atoms with Crippen molar-refractivity contribution in [2.24, 2.45) is 0 Å². The molecule has 0 aliphatic carbocycles. The van der Waals surface area contributed by atoms with Gasteiger partial charge in [-0.05, 0) is 48.0 Å². The van der Waals surface area contributed by atoms with Gasteiger partial charge in [0.2, 0.25) is 0 Å². The molecule has 1 N–H and O–H groups in total. The summed E-state index contributed by atoms with van der Waals surface area (Å²) in [6, 6.07) is 21.1. The number of nitrogens with zero attached hydrogens (tertiary/aromatic N) is 2. The molecule has 1 saturated heterocycles. The summed E-state index contributed by atoms with van der Waals surface area (Å²) in [6.45, 7) is 2.58. The van der Waals surface area contributed by atoms with Crippen LogP contribution in [0.1, 0.15) is 18.1 Å². The first kappa shape index (κ1) is 19.9. The third-order valence-electron chi connectivity index (χ3n) is 5.60. The third kappa shape index (κ3) is 3.50. The van der Waals surface area contributed by atoms with Crippen molar-refractivity contribution in [2.45, 2.75) is 19.0 Å². The maximum absolute atomic E-state index is 13.4. The molecule has 6 nitrogen and oxygen atoms in total. The Bertz CT molecular complexity index is 1090. The van der Waals surface area contributed by atoms with E-state index in [9.17, 15) is 9.59 Å². The van der Waals surface area contributed by atoms with Crippen LogP contribution in [-0.4, -0.2) is 42.6 Å². The molecule has 1 aliphatic rings. The van der Waals surface area contributed by atoms with Crippen molar-refractivity contribution in [3.63, 3.8) is 0 Å². The molecule has 3 aromatic rings. The van der Waals surface area contributed by atoms with E-state index in [1.807, 2.05) is 78.7 Å². The number of rotatable bonds is 6. The number of urea groups is 1. The average molecular weight is 403 g/mol. The largest absolute Gasteiger partial charge is 0.497 e. The van der Waals surface area contributed by atoms with Gasteiger partial charge < -0.3 is 10.1 Å². The normalized spacial score (nSPS) is 18.9. The number of carbonyl (C=O) groups is 2. The van der Waals surface area contributed by atoms with Crippen LogP contribution >= 0.6 is 0 Å². The molecule has 0 saturated carbocycles. The summed E-state index contributed by atoms with van der Waals surface area (Å²) in [4.78, 5) is 29.3. The second-order valence-electron chi connectivity index (χ2n) is 7.82. The van der Waals surface area contributed by atoms with E-state index in [-0.39, 0.29) is 18.6 Å². The lowest BCUT2D eigenvalue weighted by Gasteiger charge is -2.26. The average Bonchev–Trinajstić information content (AvgIpc) is 2.97. The van der Waals surface area contributed by atoms with Gasteiger partial charge in [-0.1, -0.05) is 54.6 Å². The van der Waals surface area contributed by atoms with Crippen LogP contribution in [0.3, 0.4) is 0 Å². The summed E-state index contributed by atoms with van der Waals surface area (Å²) in [5.41, 5.74) is 0.778. The fraction of sp³-hybridized carbons (Fsp3) is 0.250. The highest BCUT2D eigenvalue weighted by atomic mass is 16.5. The van der Waals surface area contributed by atoms with Crippen molar-refractivity contribution in [1.29, 1.82) is 0 Å². The Balaban J connectivity index is 1.54. The highest BCUT2D eigenvalue weighted by Gasteiger charge is 2.49. The minimum atomic E-state index is -1.10. The van der Waals surface area contributed by atoms with Crippen LogP contribution in [0.2, 0.25) is 0 Å². The third-order valence-corrected chi connectivity index (χ3v) is 5.60. The molecule has 0 spiro atoms. The van der Waals surface area contributed by atoms with Crippen molar-refractivity contribution < 1.29 is 14.3 Å². The molecule has 154 valence electrons. The minimum absolute atomic E-state index is 0.205. The van der Waals surface area contributed by atoms with Crippen LogP contribution in [0.5, 0.6) is 5.75 Å². The minimum Gasteiger partial charge on any atom is -0.497 e. The van der Waals surface area contributed by atoms with Gasteiger partial charge in [0.05, 0.1) is 13.8 Å². The maximum Gasteiger partial charge on any atom is 0.326 e. The zero-order chi connectivity index (χ0) is 21.3. The SMILES string of the molecule is COc1ccc(CN(C)CN2C(=O)N[C@](C)(c3cccc4ccccc34)C2=O)cc1. The molecule has 1 fully saturated rings. The molecular formula is C24H25N3O3. The molecule has 6 heteroatoms. The van der Waals surface area contributed by atoms with Crippen LogP contribution in [-0.2, 0) is 16.9 Å². The standard InChI is InChI=1S/C24H25N3O3/c1-24(21-10-6-8-18-7-4-5-9-20(18)21)22(28)27(23(29)25-24)16-26(2)15-17-11-13-19(30-3)14-12-17/h4-14H,15-16H2,1-3H3,(H,25,29)/t24-/m1/s1. The Morgan fingerprint density at radius 1 is 1.00 bits per heavy atom. The number of fused-ring (bicyclic) bond motifs is 1. The molecular weight excluding hydrogens is 378 g/mol. The number of hydrogen-bond acceptors (Lipinski definition) is 4. The fourth-order valence-corrected chi connectivity index (χ4v) is 4.00. The first-order valence-corrected chi connectivity index (χ1v) is 9.86. The van der Waals surface area contributed by atoms with Crippen molar-refractivity contribution in [3.05, 3.63) is 77.9 Å². The number of imide groups is 1. The predicted molar refractivity (Wildman–Crippen MR) is 116 cm³/mol. The first-order valence-electron chi connectivity index (χ1n) is 9.86. The lowest BCUT2D eigenvalue weighted by atomic mass is 9.88. The number of benzene rings is 3. The van der Waals surface area contributed by atoms with Crippen LogP contribution in [0.15, 0.2) is 66.7 Å².